The summed E-state index contributed by atoms with van der Waals surface area (Å²) in [5, 5.41) is 2.84. The summed E-state index contributed by atoms with van der Waals surface area (Å²) in [6.45, 7) is 11.8. The van der Waals surface area contributed by atoms with Crippen LogP contribution in [0.1, 0.15) is 48.8 Å². The summed E-state index contributed by atoms with van der Waals surface area (Å²) < 4.78 is 5.76. The van der Waals surface area contributed by atoms with Crippen molar-refractivity contribution < 1.29 is 9.21 Å². The van der Waals surface area contributed by atoms with Crippen LogP contribution in [0.3, 0.4) is 0 Å². The number of benzene rings is 2. The van der Waals surface area contributed by atoms with Gasteiger partial charge in [-0.2, -0.15) is 0 Å². The van der Waals surface area contributed by atoms with Crippen molar-refractivity contribution in [3.05, 3.63) is 89.8 Å². The van der Waals surface area contributed by atoms with Crippen LogP contribution in [0.25, 0.3) is 11.5 Å². The number of likely N-dealkylation sites (tertiary alicyclic amines) is 1. The second-order valence-corrected chi connectivity index (χ2v) is 8.63. The Morgan fingerprint density at radius 1 is 1.09 bits per heavy atom. The molecule has 2 aromatic carbocycles. The monoisotopic (exact) mass is 459 g/mol. The van der Waals surface area contributed by atoms with Crippen LogP contribution in [0.15, 0.2) is 71.7 Å². The first-order valence-electron chi connectivity index (χ1n) is 12.3. The fourth-order valence-corrected chi connectivity index (χ4v) is 3.95. The number of rotatable bonds is 9. The lowest BCUT2D eigenvalue weighted by Gasteiger charge is -2.14. The van der Waals surface area contributed by atoms with Gasteiger partial charge in [-0.3, -0.25) is 9.69 Å². The Labute approximate surface area is 203 Å². The minimum Gasteiger partial charge on any atom is -0.441 e. The molecule has 0 atom stereocenters. The van der Waals surface area contributed by atoms with Crippen LogP contribution in [0.4, 0.5) is 0 Å². The first-order chi connectivity index (χ1) is 16.6. The number of aryl methyl sites for hydroxylation is 1. The number of allylic oxidation sites excluding steroid dienone is 1. The van der Waals surface area contributed by atoms with Crippen LogP contribution in [-0.4, -0.2) is 35.4 Å². The van der Waals surface area contributed by atoms with Crippen molar-refractivity contribution in [3.63, 3.8) is 0 Å². The molecule has 2 heterocycles. The van der Waals surface area contributed by atoms with Crippen LogP contribution in [0.2, 0.25) is 0 Å². The first kappa shape index (κ1) is 25.4. The number of carbonyl (C=O) groups is 1. The Balaban J connectivity index is 0.000000215. The Morgan fingerprint density at radius 2 is 1.79 bits per heavy atom. The van der Waals surface area contributed by atoms with Gasteiger partial charge in [-0.1, -0.05) is 55.5 Å². The zero-order valence-corrected chi connectivity index (χ0v) is 20.6. The van der Waals surface area contributed by atoms with E-state index in [9.17, 15) is 4.79 Å². The molecule has 4 rings (SSSR count). The minimum absolute atomic E-state index is 0.121. The van der Waals surface area contributed by atoms with Crippen molar-refractivity contribution in [2.24, 2.45) is 0 Å². The van der Waals surface area contributed by atoms with Crippen molar-refractivity contribution in [1.82, 2.24) is 15.2 Å². The zero-order chi connectivity index (χ0) is 24.2. The van der Waals surface area contributed by atoms with Gasteiger partial charge in [-0.05, 0) is 62.5 Å². The van der Waals surface area contributed by atoms with Gasteiger partial charge in [0.2, 0.25) is 11.8 Å². The predicted octanol–water partition coefficient (Wildman–Crippen LogP) is 5.73. The number of carbonyl (C=O) groups excluding carboxylic acids is 1. The van der Waals surface area contributed by atoms with Crippen molar-refractivity contribution >= 4 is 5.91 Å². The summed E-state index contributed by atoms with van der Waals surface area (Å²) in [6.07, 6.45) is 6.75. The number of amides is 1. The Kier molecular flexibility index (Phi) is 10.1. The fourth-order valence-electron chi connectivity index (χ4n) is 3.95. The van der Waals surface area contributed by atoms with E-state index in [2.05, 4.69) is 58.2 Å². The summed E-state index contributed by atoms with van der Waals surface area (Å²) in [6, 6.07) is 18.7. The Hall–Kier alpha value is -3.18. The molecule has 1 aliphatic rings. The summed E-state index contributed by atoms with van der Waals surface area (Å²) in [5.41, 5.74) is 4.63. The molecule has 0 bridgehead atoms. The molecular weight excluding hydrogens is 422 g/mol. The first-order valence-corrected chi connectivity index (χ1v) is 12.3. The van der Waals surface area contributed by atoms with Crippen molar-refractivity contribution in [1.29, 1.82) is 0 Å². The average molecular weight is 460 g/mol. The van der Waals surface area contributed by atoms with Crippen LogP contribution in [-0.2, 0) is 24.2 Å². The van der Waals surface area contributed by atoms with Crippen LogP contribution in [0, 0.1) is 6.92 Å². The predicted molar refractivity (Wildman–Crippen MR) is 139 cm³/mol. The molecule has 180 valence electrons. The topological polar surface area (TPSA) is 58.4 Å². The van der Waals surface area contributed by atoms with E-state index in [4.69, 9.17) is 4.42 Å². The molecule has 34 heavy (non-hydrogen) atoms. The van der Waals surface area contributed by atoms with Crippen molar-refractivity contribution in [3.8, 4) is 11.5 Å². The highest BCUT2D eigenvalue weighted by atomic mass is 16.4. The van der Waals surface area contributed by atoms with Gasteiger partial charge >= 0.3 is 0 Å². The van der Waals surface area contributed by atoms with Crippen LogP contribution >= 0.6 is 0 Å². The third kappa shape index (κ3) is 7.99. The molecule has 5 heteroatoms. The second-order valence-electron chi connectivity index (χ2n) is 8.63. The van der Waals surface area contributed by atoms with Gasteiger partial charge in [0.15, 0.2) is 0 Å². The molecule has 1 aromatic heterocycles. The fraction of sp³-hybridized carbons (Fsp3) is 0.379. The summed E-state index contributed by atoms with van der Waals surface area (Å²) in [4.78, 5) is 18.0. The van der Waals surface area contributed by atoms with Crippen molar-refractivity contribution in [2.75, 3.05) is 19.6 Å². The number of hydrogen-bond acceptors (Lipinski definition) is 4. The van der Waals surface area contributed by atoms with Crippen LogP contribution < -0.4 is 5.32 Å². The van der Waals surface area contributed by atoms with E-state index in [0.717, 1.165) is 42.9 Å². The lowest BCUT2D eigenvalue weighted by atomic mass is 10.1. The molecule has 3 aromatic rings. The molecule has 0 spiro atoms. The number of nitrogens with zero attached hydrogens (tertiary/aromatic N) is 2. The Bertz CT molecular complexity index is 1020. The van der Waals surface area contributed by atoms with Gasteiger partial charge in [0.25, 0.3) is 0 Å². The molecule has 1 N–H and O–H groups in total. The number of aromatic nitrogens is 1. The highest BCUT2D eigenvalue weighted by Gasteiger charge is 2.13. The SMILES string of the molecule is C=CCc1nc(-c2ccc(CN3CCCC3)cc2)oc1C.CCC(=O)NCCc1ccccc1. The molecular formula is C29H37N3O2. The quantitative estimate of drug-likeness (QED) is 0.415. The molecule has 0 aliphatic carbocycles. The average Bonchev–Trinajstić information content (AvgIpc) is 3.50. The maximum Gasteiger partial charge on any atom is 0.226 e. The summed E-state index contributed by atoms with van der Waals surface area (Å²) in [7, 11) is 0. The maximum absolute atomic E-state index is 10.9. The highest BCUT2D eigenvalue weighted by Crippen LogP contribution is 2.23. The summed E-state index contributed by atoms with van der Waals surface area (Å²) in [5.74, 6) is 1.71. The van der Waals surface area contributed by atoms with Crippen molar-refractivity contribution in [2.45, 2.75) is 52.5 Å². The van der Waals surface area contributed by atoms with Gasteiger partial charge < -0.3 is 9.73 Å². The van der Waals surface area contributed by atoms with E-state index in [0.29, 0.717) is 12.3 Å². The molecule has 0 saturated carbocycles. The normalized spacial score (nSPS) is 13.2. The lowest BCUT2D eigenvalue weighted by molar-refractivity contribution is -0.120. The number of nitrogens with one attached hydrogen (secondary N) is 1. The van der Waals surface area contributed by atoms with E-state index in [1.165, 1.54) is 37.1 Å². The largest absolute Gasteiger partial charge is 0.441 e. The van der Waals surface area contributed by atoms with Gasteiger partial charge in [0.05, 0.1) is 5.69 Å². The number of hydrogen-bond donors (Lipinski definition) is 1. The molecule has 0 unspecified atom stereocenters. The third-order valence-electron chi connectivity index (χ3n) is 5.94. The maximum atomic E-state index is 10.9. The standard InChI is InChI=1S/C18H22N2O.C11H15NO/c1-3-6-17-14(2)21-18(19-17)16-9-7-15(8-10-16)13-20-11-4-5-12-20;1-2-11(13)12-9-8-10-6-4-3-5-7-10/h3,7-10H,1,4-6,11-13H2,2H3;3-7H,2,8-9H2,1H3,(H,12,13). The van der Waals surface area contributed by atoms with Gasteiger partial charge in [0, 0.05) is 31.5 Å². The lowest BCUT2D eigenvalue weighted by Crippen LogP contribution is -2.24. The molecule has 0 radical (unpaired) electrons. The minimum atomic E-state index is 0.121. The van der Waals surface area contributed by atoms with E-state index in [1.54, 1.807) is 0 Å². The highest BCUT2D eigenvalue weighted by molar-refractivity contribution is 5.75. The smallest absolute Gasteiger partial charge is 0.226 e. The van der Waals surface area contributed by atoms with E-state index in [-0.39, 0.29) is 5.91 Å². The Morgan fingerprint density at radius 3 is 2.44 bits per heavy atom. The summed E-state index contributed by atoms with van der Waals surface area (Å²) >= 11 is 0. The van der Waals surface area contributed by atoms with E-state index >= 15 is 0 Å². The molecule has 1 amide bonds. The molecule has 5 nitrogen and oxygen atoms in total. The second kappa shape index (κ2) is 13.5. The van der Waals surface area contributed by atoms with Crippen LogP contribution in [0.5, 0.6) is 0 Å². The zero-order valence-electron chi connectivity index (χ0n) is 20.6. The van der Waals surface area contributed by atoms with Gasteiger partial charge in [-0.15, -0.1) is 6.58 Å². The van der Waals surface area contributed by atoms with Gasteiger partial charge in [0.1, 0.15) is 5.76 Å². The number of oxazole rings is 1. The van der Waals surface area contributed by atoms with Gasteiger partial charge in [-0.25, -0.2) is 4.98 Å². The molecule has 1 aliphatic heterocycles. The van der Waals surface area contributed by atoms with E-state index < -0.39 is 0 Å². The van der Waals surface area contributed by atoms with E-state index in [1.807, 2.05) is 38.1 Å². The molecule has 1 saturated heterocycles. The third-order valence-corrected chi connectivity index (χ3v) is 5.94. The molecule has 1 fully saturated rings.